The van der Waals surface area contributed by atoms with Crippen molar-refractivity contribution in [2.45, 2.75) is 18.9 Å². The van der Waals surface area contributed by atoms with E-state index < -0.39 is 11.4 Å². The van der Waals surface area contributed by atoms with Gasteiger partial charge in [0.25, 0.3) is 0 Å². The minimum absolute atomic E-state index is 0.0262. The van der Waals surface area contributed by atoms with E-state index in [2.05, 4.69) is 15.9 Å². The molecule has 1 aromatic rings. The third-order valence-corrected chi connectivity index (χ3v) is 3.76. The predicted octanol–water partition coefficient (Wildman–Crippen LogP) is 3.49. The number of aliphatic hydroxyl groups is 1. The van der Waals surface area contributed by atoms with Gasteiger partial charge in [-0.25, -0.2) is 4.39 Å². The number of hydrogen-bond acceptors (Lipinski definition) is 2. The molecule has 1 rings (SSSR count). The molecule has 0 saturated heterocycles. The summed E-state index contributed by atoms with van der Waals surface area (Å²) in [6.45, 7) is 1.78. The highest BCUT2D eigenvalue weighted by molar-refractivity contribution is 9.10. The van der Waals surface area contributed by atoms with Gasteiger partial charge in [-0.15, -0.1) is 0 Å². The van der Waals surface area contributed by atoms with E-state index in [0.29, 0.717) is 10.9 Å². The number of benzene rings is 1. The highest BCUT2D eigenvalue weighted by Gasteiger charge is 2.31. The summed E-state index contributed by atoms with van der Waals surface area (Å²) < 4.78 is 19.3. The molecule has 0 fully saturated rings. The topological polar surface area (TPSA) is 29.5 Å². The van der Waals surface area contributed by atoms with Crippen LogP contribution < -0.4 is 0 Å². The fourth-order valence-electron chi connectivity index (χ4n) is 1.49. The Balaban J connectivity index is 3.26. The summed E-state index contributed by atoms with van der Waals surface area (Å²) in [6.07, 6.45) is 0.343. The molecule has 0 radical (unpaired) electrons. The van der Waals surface area contributed by atoms with Gasteiger partial charge in [0, 0.05) is 17.1 Å². The summed E-state index contributed by atoms with van der Waals surface area (Å²) in [5.41, 5.74) is -1.19. The number of rotatable bonds is 4. The van der Waals surface area contributed by atoms with E-state index >= 15 is 0 Å². The zero-order chi connectivity index (χ0) is 12.3. The lowest BCUT2D eigenvalue weighted by atomic mass is 9.91. The second-order valence-corrected chi connectivity index (χ2v) is 4.77. The second kappa shape index (κ2) is 5.45. The van der Waals surface area contributed by atoms with Gasteiger partial charge in [-0.1, -0.05) is 24.6 Å². The van der Waals surface area contributed by atoms with Crippen molar-refractivity contribution in [2.75, 3.05) is 13.7 Å². The van der Waals surface area contributed by atoms with Crippen molar-refractivity contribution in [3.05, 3.63) is 33.0 Å². The molecule has 2 nitrogen and oxygen atoms in total. The Morgan fingerprint density at radius 2 is 2.19 bits per heavy atom. The molecular weight excluding hydrogens is 298 g/mol. The van der Waals surface area contributed by atoms with E-state index in [-0.39, 0.29) is 17.2 Å². The molecular formula is C11H13BrClFO2. The fraction of sp³-hybridized carbons (Fsp3) is 0.455. The molecule has 16 heavy (non-hydrogen) atoms. The first-order valence-corrected chi connectivity index (χ1v) is 5.98. The number of hydrogen-bond donors (Lipinski definition) is 1. The smallest absolute Gasteiger partial charge is 0.149 e. The largest absolute Gasteiger partial charge is 0.383 e. The van der Waals surface area contributed by atoms with Gasteiger partial charge in [-0.2, -0.15) is 0 Å². The molecule has 1 N–H and O–H groups in total. The van der Waals surface area contributed by atoms with E-state index in [0.717, 1.165) is 0 Å². The van der Waals surface area contributed by atoms with Gasteiger partial charge < -0.3 is 9.84 Å². The van der Waals surface area contributed by atoms with Crippen molar-refractivity contribution in [2.24, 2.45) is 0 Å². The molecule has 5 heteroatoms. The van der Waals surface area contributed by atoms with Gasteiger partial charge in [-0.3, -0.25) is 0 Å². The van der Waals surface area contributed by atoms with Crippen LogP contribution in [0.1, 0.15) is 18.9 Å². The highest BCUT2D eigenvalue weighted by Crippen LogP contribution is 2.34. The maximum absolute atomic E-state index is 13.9. The van der Waals surface area contributed by atoms with Crippen LogP contribution in [0.15, 0.2) is 16.6 Å². The Labute approximate surface area is 108 Å². The van der Waals surface area contributed by atoms with Crippen molar-refractivity contribution < 1.29 is 14.2 Å². The molecule has 0 bridgehead atoms. The standard InChI is InChI=1S/C11H13BrClFO2/c1-3-11(15,6-16-2)7-4-5-8(12)9(13)10(7)14/h4-5,15H,3,6H2,1-2H3. The van der Waals surface area contributed by atoms with Gasteiger partial charge in [0.05, 0.1) is 11.6 Å². The van der Waals surface area contributed by atoms with Gasteiger partial charge in [0.1, 0.15) is 11.4 Å². The summed E-state index contributed by atoms with van der Waals surface area (Å²) in [4.78, 5) is 0. The molecule has 0 aromatic heterocycles. The number of halogens is 3. The van der Waals surface area contributed by atoms with E-state index in [1.165, 1.54) is 13.2 Å². The first-order chi connectivity index (χ1) is 7.46. The first kappa shape index (κ1) is 13.9. The summed E-state index contributed by atoms with van der Waals surface area (Å²) in [7, 11) is 1.46. The first-order valence-electron chi connectivity index (χ1n) is 4.81. The summed E-state index contributed by atoms with van der Waals surface area (Å²) in [5.74, 6) is -0.613. The Hall–Kier alpha value is -0.160. The van der Waals surface area contributed by atoms with Crippen LogP contribution in [0, 0.1) is 5.82 Å². The zero-order valence-electron chi connectivity index (χ0n) is 9.06. The average molecular weight is 312 g/mol. The van der Waals surface area contributed by atoms with Gasteiger partial charge in [0.15, 0.2) is 0 Å². The van der Waals surface area contributed by atoms with Crippen molar-refractivity contribution >= 4 is 27.5 Å². The van der Waals surface area contributed by atoms with Crippen LogP contribution in [-0.2, 0) is 10.3 Å². The molecule has 0 aliphatic heterocycles. The lowest BCUT2D eigenvalue weighted by Gasteiger charge is -2.27. The zero-order valence-corrected chi connectivity index (χ0v) is 11.4. The molecule has 0 heterocycles. The SMILES string of the molecule is CCC(O)(COC)c1ccc(Br)c(Cl)c1F. The summed E-state index contributed by atoms with van der Waals surface area (Å²) in [5, 5.41) is 10.2. The predicted molar refractivity (Wildman–Crippen MR) is 65.2 cm³/mol. The monoisotopic (exact) mass is 310 g/mol. The molecule has 90 valence electrons. The fourth-order valence-corrected chi connectivity index (χ4v) is 1.97. The molecule has 0 amide bonds. The van der Waals surface area contributed by atoms with Crippen LogP contribution in [0.4, 0.5) is 4.39 Å². The molecule has 1 aromatic carbocycles. The van der Waals surface area contributed by atoms with Crippen LogP contribution in [0.25, 0.3) is 0 Å². The Bertz CT molecular complexity index is 386. The average Bonchev–Trinajstić information content (AvgIpc) is 2.26. The van der Waals surface area contributed by atoms with Gasteiger partial charge >= 0.3 is 0 Å². The van der Waals surface area contributed by atoms with E-state index in [4.69, 9.17) is 16.3 Å². The van der Waals surface area contributed by atoms with Crippen LogP contribution in [0.5, 0.6) is 0 Å². The third-order valence-electron chi connectivity index (χ3n) is 2.50. The molecule has 0 saturated carbocycles. The summed E-state index contributed by atoms with van der Waals surface area (Å²) >= 11 is 8.90. The molecule has 1 atom stereocenters. The Morgan fingerprint density at radius 3 is 2.69 bits per heavy atom. The van der Waals surface area contributed by atoms with Gasteiger partial charge in [-0.05, 0) is 28.4 Å². The molecule has 1 unspecified atom stereocenters. The van der Waals surface area contributed by atoms with Crippen molar-refractivity contribution in [1.82, 2.24) is 0 Å². The highest BCUT2D eigenvalue weighted by atomic mass is 79.9. The molecule has 0 aliphatic rings. The minimum Gasteiger partial charge on any atom is -0.383 e. The molecule has 0 spiro atoms. The second-order valence-electron chi connectivity index (χ2n) is 3.54. The van der Waals surface area contributed by atoms with E-state index in [9.17, 15) is 9.50 Å². The van der Waals surface area contributed by atoms with Crippen LogP contribution in [0.2, 0.25) is 5.02 Å². The van der Waals surface area contributed by atoms with E-state index in [1.54, 1.807) is 13.0 Å². The Kier molecular flexibility index (Phi) is 4.73. The normalized spacial score (nSPS) is 14.9. The van der Waals surface area contributed by atoms with Crippen molar-refractivity contribution in [1.29, 1.82) is 0 Å². The maximum Gasteiger partial charge on any atom is 0.149 e. The lowest BCUT2D eigenvalue weighted by Crippen LogP contribution is -2.31. The molecule has 0 aliphatic carbocycles. The number of methoxy groups -OCH3 is 1. The Morgan fingerprint density at radius 1 is 1.56 bits per heavy atom. The lowest BCUT2D eigenvalue weighted by molar-refractivity contribution is -0.0409. The minimum atomic E-state index is -1.34. The number of ether oxygens (including phenoxy) is 1. The van der Waals surface area contributed by atoms with Crippen LogP contribution in [0.3, 0.4) is 0 Å². The maximum atomic E-state index is 13.9. The van der Waals surface area contributed by atoms with Gasteiger partial charge in [0.2, 0.25) is 0 Å². The quantitative estimate of drug-likeness (QED) is 0.863. The van der Waals surface area contributed by atoms with Crippen molar-refractivity contribution in [3.8, 4) is 0 Å². The third kappa shape index (κ3) is 2.56. The summed E-state index contributed by atoms with van der Waals surface area (Å²) in [6, 6.07) is 3.12. The van der Waals surface area contributed by atoms with Crippen LogP contribution >= 0.6 is 27.5 Å². The van der Waals surface area contributed by atoms with Crippen LogP contribution in [-0.4, -0.2) is 18.8 Å². The van der Waals surface area contributed by atoms with Crippen molar-refractivity contribution in [3.63, 3.8) is 0 Å². The van der Waals surface area contributed by atoms with E-state index in [1.807, 2.05) is 0 Å².